The van der Waals surface area contributed by atoms with Crippen LogP contribution in [0, 0.1) is 0 Å². The van der Waals surface area contributed by atoms with Gasteiger partial charge in [-0.05, 0) is 40.4 Å². The van der Waals surface area contributed by atoms with E-state index in [1.54, 1.807) is 7.11 Å². The van der Waals surface area contributed by atoms with Gasteiger partial charge in [0.1, 0.15) is 23.9 Å². The van der Waals surface area contributed by atoms with Gasteiger partial charge in [0, 0.05) is 22.7 Å². The highest BCUT2D eigenvalue weighted by molar-refractivity contribution is 7.17. The van der Waals surface area contributed by atoms with E-state index in [4.69, 9.17) is 25.7 Å². The number of methoxy groups -OCH3 is 1. The lowest BCUT2D eigenvalue weighted by atomic mass is 10.1. The lowest BCUT2D eigenvalue weighted by Gasteiger charge is -2.08. The molecule has 0 radical (unpaired) electrons. The number of esters is 1. The summed E-state index contributed by atoms with van der Waals surface area (Å²) in [5.74, 6) is 0.619. The van der Waals surface area contributed by atoms with Crippen molar-refractivity contribution in [2.24, 2.45) is 5.73 Å². The summed E-state index contributed by atoms with van der Waals surface area (Å²) in [5, 5.41) is 15.2. The van der Waals surface area contributed by atoms with Crippen LogP contribution in [0.2, 0.25) is 0 Å². The van der Waals surface area contributed by atoms with Gasteiger partial charge in [-0.3, -0.25) is 4.79 Å². The first-order chi connectivity index (χ1) is 18.9. The van der Waals surface area contributed by atoms with Crippen molar-refractivity contribution in [3.05, 3.63) is 76.8 Å². The summed E-state index contributed by atoms with van der Waals surface area (Å²) >= 11 is 1.30. The molecule has 5 rings (SSSR count). The maximum atomic E-state index is 12.4. The number of rotatable bonds is 10. The van der Waals surface area contributed by atoms with Crippen molar-refractivity contribution in [2.75, 3.05) is 19.5 Å². The molecule has 2 aromatic carbocycles. The van der Waals surface area contributed by atoms with E-state index in [1.807, 2.05) is 53.9 Å². The Bertz CT molecular complexity index is 1650. The Morgan fingerprint density at radius 3 is 2.69 bits per heavy atom. The van der Waals surface area contributed by atoms with Gasteiger partial charge in [0.2, 0.25) is 5.82 Å². The molecule has 0 unspecified atom stereocenters. The first-order valence-electron chi connectivity index (χ1n) is 11.6. The van der Waals surface area contributed by atoms with E-state index in [2.05, 4.69) is 20.4 Å². The first kappa shape index (κ1) is 25.6. The van der Waals surface area contributed by atoms with Crippen LogP contribution in [0.3, 0.4) is 0 Å². The predicted molar refractivity (Wildman–Crippen MR) is 143 cm³/mol. The predicted octanol–water partition coefficient (Wildman–Crippen LogP) is 2.81. The Kier molecular flexibility index (Phi) is 7.32. The van der Waals surface area contributed by atoms with Gasteiger partial charge in [0.15, 0.2) is 6.61 Å². The van der Waals surface area contributed by atoms with Gasteiger partial charge in [-0.25, -0.2) is 9.78 Å². The van der Waals surface area contributed by atoms with Crippen LogP contribution in [-0.2, 0) is 22.7 Å². The lowest BCUT2D eigenvalue weighted by Crippen LogP contribution is -2.21. The molecule has 0 aliphatic carbocycles. The molecule has 198 valence electrons. The van der Waals surface area contributed by atoms with E-state index < -0.39 is 18.5 Å². The van der Waals surface area contributed by atoms with Crippen molar-refractivity contribution in [1.82, 2.24) is 25.2 Å². The number of nitrogen functional groups attached to an aromatic ring is 1. The third-order valence-electron chi connectivity index (χ3n) is 5.69. The van der Waals surface area contributed by atoms with Gasteiger partial charge in [-0.15, -0.1) is 21.5 Å². The number of pyridine rings is 1. The molecule has 3 aromatic heterocycles. The molecule has 5 aromatic rings. The van der Waals surface area contributed by atoms with Crippen LogP contribution in [0.5, 0.6) is 11.5 Å². The number of hydrogen-bond donors (Lipinski definition) is 2. The fourth-order valence-corrected chi connectivity index (χ4v) is 4.86. The average molecular weight is 546 g/mol. The van der Waals surface area contributed by atoms with Crippen LogP contribution in [0.1, 0.15) is 21.5 Å². The maximum absolute atomic E-state index is 12.4. The highest BCUT2D eigenvalue weighted by atomic mass is 32.1. The smallest absolute Gasteiger partial charge is 0.341 e. The standard InChI is InChI=1S/C26H23N7O5S/c1-36-18-7-5-15(6-8-18)11-33-31-25(30-32-33)16-3-2-4-19(9-16)37-12-17-14-39-23-20(10-29-24(28)22(17)23)26(35)38-13-21(27)34/h2-10,14H,11-13H2,1H3,(H2,27,34)(H2,28,29). The largest absolute Gasteiger partial charge is 0.497 e. The van der Waals surface area contributed by atoms with E-state index in [9.17, 15) is 9.59 Å². The zero-order valence-corrected chi connectivity index (χ0v) is 21.6. The van der Waals surface area contributed by atoms with E-state index in [0.717, 1.165) is 22.4 Å². The summed E-state index contributed by atoms with van der Waals surface area (Å²) < 4.78 is 16.7. The number of carbonyl (C=O) groups excluding carboxylic acids is 2. The van der Waals surface area contributed by atoms with Crippen molar-refractivity contribution in [2.45, 2.75) is 13.2 Å². The molecule has 0 saturated heterocycles. The van der Waals surface area contributed by atoms with Crippen LogP contribution in [-0.4, -0.2) is 50.8 Å². The minimum Gasteiger partial charge on any atom is -0.497 e. The number of nitrogens with zero attached hydrogens (tertiary/aromatic N) is 5. The number of fused-ring (bicyclic) bond motifs is 1. The summed E-state index contributed by atoms with van der Waals surface area (Å²) in [6.45, 7) is 0.116. The second kappa shape index (κ2) is 11.1. The molecule has 12 nitrogen and oxygen atoms in total. The number of amides is 1. The second-order valence-corrected chi connectivity index (χ2v) is 9.25. The normalized spacial score (nSPS) is 10.9. The van der Waals surface area contributed by atoms with Crippen molar-refractivity contribution < 1.29 is 23.8 Å². The number of tetrazole rings is 1. The molecule has 39 heavy (non-hydrogen) atoms. The summed E-state index contributed by atoms with van der Waals surface area (Å²) in [6.07, 6.45) is 1.32. The van der Waals surface area contributed by atoms with E-state index in [-0.39, 0.29) is 18.0 Å². The van der Waals surface area contributed by atoms with Crippen LogP contribution in [0.15, 0.2) is 60.1 Å². The number of aromatic nitrogens is 5. The minimum atomic E-state index is -0.750. The number of ether oxygens (including phenoxy) is 3. The van der Waals surface area contributed by atoms with E-state index in [0.29, 0.717) is 28.2 Å². The van der Waals surface area contributed by atoms with Crippen LogP contribution < -0.4 is 20.9 Å². The number of primary amides is 1. The SMILES string of the molecule is COc1ccc(Cn2nnc(-c3cccc(OCc4csc5c(C(=O)OCC(N)=O)cnc(N)c45)c3)n2)cc1. The van der Waals surface area contributed by atoms with Gasteiger partial charge in [0.05, 0.1) is 23.9 Å². The number of benzene rings is 2. The molecule has 0 fully saturated rings. The molecule has 1 amide bonds. The van der Waals surface area contributed by atoms with Crippen LogP contribution >= 0.6 is 11.3 Å². The van der Waals surface area contributed by atoms with Gasteiger partial charge < -0.3 is 25.7 Å². The quantitative estimate of drug-likeness (QED) is 0.249. The number of thiophene rings is 1. The second-order valence-electron chi connectivity index (χ2n) is 8.37. The molecule has 0 aliphatic rings. The number of anilines is 1. The average Bonchev–Trinajstić information content (AvgIpc) is 3.59. The summed E-state index contributed by atoms with van der Waals surface area (Å²) in [5.41, 5.74) is 13.9. The molecule has 13 heteroatoms. The Balaban J connectivity index is 1.29. The first-order valence-corrected chi connectivity index (χ1v) is 12.5. The third-order valence-corrected chi connectivity index (χ3v) is 6.75. The Morgan fingerprint density at radius 1 is 1.10 bits per heavy atom. The molecular formula is C26H23N7O5S. The Morgan fingerprint density at radius 2 is 1.92 bits per heavy atom. The maximum Gasteiger partial charge on any atom is 0.341 e. The molecule has 0 aliphatic heterocycles. The minimum absolute atomic E-state index is 0.173. The van der Waals surface area contributed by atoms with Gasteiger partial charge in [-0.1, -0.05) is 24.3 Å². The molecule has 0 atom stereocenters. The Labute approximate surface area is 226 Å². The molecule has 0 spiro atoms. The molecular weight excluding hydrogens is 522 g/mol. The summed E-state index contributed by atoms with van der Waals surface area (Å²) in [6, 6.07) is 15.0. The van der Waals surface area contributed by atoms with Crippen LogP contribution in [0.4, 0.5) is 5.82 Å². The van der Waals surface area contributed by atoms with Crippen molar-refractivity contribution >= 4 is 39.1 Å². The van der Waals surface area contributed by atoms with Gasteiger partial charge >= 0.3 is 5.97 Å². The zero-order chi connectivity index (χ0) is 27.4. The van der Waals surface area contributed by atoms with Crippen LogP contribution in [0.25, 0.3) is 21.5 Å². The highest BCUT2D eigenvalue weighted by Crippen LogP contribution is 2.33. The molecule has 3 heterocycles. The highest BCUT2D eigenvalue weighted by Gasteiger charge is 2.19. The summed E-state index contributed by atoms with van der Waals surface area (Å²) in [4.78, 5) is 29.0. The Hall–Kier alpha value is -5.04. The lowest BCUT2D eigenvalue weighted by molar-refractivity contribution is -0.121. The topological polar surface area (TPSA) is 170 Å². The van der Waals surface area contributed by atoms with Crippen molar-refractivity contribution in [1.29, 1.82) is 0 Å². The fraction of sp³-hybridized carbons (Fsp3) is 0.154. The zero-order valence-electron chi connectivity index (χ0n) is 20.7. The molecule has 0 bridgehead atoms. The molecule has 0 saturated carbocycles. The van der Waals surface area contributed by atoms with E-state index >= 15 is 0 Å². The third kappa shape index (κ3) is 5.78. The van der Waals surface area contributed by atoms with Gasteiger partial charge in [0.25, 0.3) is 5.91 Å². The van der Waals surface area contributed by atoms with Gasteiger partial charge in [-0.2, -0.15) is 4.80 Å². The fourth-order valence-electron chi connectivity index (χ4n) is 3.80. The number of hydrogen-bond acceptors (Lipinski definition) is 11. The number of nitrogens with two attached hydrogens (primary N) is 2. The van der Waals surface area contributed by atoms with E-state index in [1.165, 1.54) is 22.3 Å². The number of carbonyl (C=O) groups is 2. The van der Waals surface area contributed by atoms with Crippen molar-refractivity contribution in [3.8, 4) is 22.9 Å². The van der Waals surface area contributed by atoms with Crippen molar-refractivity contribution in [3.63, 3.8) is 0 Å². The molecule has 4 N–H and O–H groups in total. The summed E-state index contributed by atoms with van der Waals surface area (Å²) in [7, 11) is 1.62. The monoisotopic (exact) mass is 545 g/mol.